The Morgan fingerprint density at radius 3 is 2.60 bits per heavy atom. The van der Waals surface area contributed by atoms with E-state index in [1.165, 1.54) is 0 Å². The van der Waals surface area contributed by atoms with Crippen molar-refractivity contribution in [3.05, 3.63) is 24.3 Å². The molecule has 0 spiro atoms. The molecule has 0 rings (SSSR count). The highest BCUT2D eigenvalue weighted by Gasteiger charge is 1.79. The van der Waals surface area contributed by atoms with E-state index in [9.17, 15) is 0 Å². The molecule has 2 heteroatoms. The van der Waals surface area contributed by atoms with Gasteiger partial charge in [0.15, 0.2) is 0 Å². The molecule has 0 aromatic rings. The minimum Gasteiger partial charge on any atom is -0.179 e. The molecular weight excluding hydrogens is 160 g/mol. The summed E-state index contributed by atoms with van der Waals surface area (Å²) >= 11 is 8.26. The van der Waals surface area contributed by atoms with Gasteiger partial charge in [0, 0.05) is 5.25 Å². The highest BCUT2D eigenvalue weighted by atomic mass is 32.1. The van der Waals surface area contributed by atoms with E-state index in [0.29, 0.717) is 5.25 Å². The first kappa shape index (κ1) is 10.2. The third kappa shape index (κ3) is 8.18. The summed E-state index contributed by atoms with van der Waals surface area (Å²) in [4.78, 5) is 0. The van der Waals surface area contributed by atoms with E-state index >= 15 is 0 Å². The average molecular weight is 174 g/mol. The molecule has 0 saturated heterocycles. The van der Waals surface area contributed by atoms with E-state index in [4.69, 9.17) is 0 Å². The van der Waals surface area contributed by atoms with E-state index in [1.54, 1.807) is 0 Å². The maximum atomic E-state index is 4.19. The first-order valence-corrected chi connectivity index (χ1v) is 4.54. The summed E-state index contributed by atoms with van der Waals surface area (Å²) < 4.78 is 0. The number of thiol groups is 2. The second-order valence-electron chi connectivity index (χ2n) is 2.07. The minimum atomic E-state index is 0.348. The van der Waals surface area contributed by atoms with Gasteiger partial charge in [-0.05, 0) is 19.1 Å². The number of hydrogen-bond acceptors (Lipinski definition) is 2. The van der Waals surface area contributed by atoms with Gasteiger partial charge >= 0.3 is 0 Å². The largest absolute Gasteiger partial charge is 0.179 e. The predicted molar refractivity (Wildman–Crippen MR) is 55.2 cm³/mol. The average Bonchev–Trinajstić information content (AvgIpc) is 1.87. The van der Waals surface area contributed by atoms with Crippen LogP contribution in [-0.4, -0.2) is 11.0 Å². The lowest BCUT2D eigenvalue weighted by molar-refractivity contribution is 1.24. The van der Waals surface area contributed by atoms with Gasteiger partial charge in [0.1, 0.15) is 0 Å². The van der Waals surface area contributed by atoms with Crippen LogP contribution in [0.3, 0.4) is 0 Å². The van der Waals surface area contributed by atoms with Crippen LogP contribution in [0.4, 0.5) is 0 Å². The maximum Gasteiger partial charge on any atom is 0.0171 e. The molecule has 0 N–H and O–H groups in total. The van der Waals surface area contributed by atoms with Gasteiger partial charge in [0.25, 0.3) is 0 Å². The minimum absolute atomic E-state index is 0.348. The second-order valence-corrected chi connectivity index (χ2v) is 3.33. The first-order chi connectivity index (χ1) is 4.77. The summed E-state index contributed by atoms with van der Waals surface area (Å²) in [5.41, 5.74) is 0. The van der Waals surface area contributed by atoms with Crippen molar-refractivity contribution in [2.75, 3.05) is 5.75 Å². The van der Waals surface area contributed by atoms with E-state index in [-0.39, 0.29) is 0 Å². The Kier molecular flexibility index (Phi) is 7.42. The van der Waals surface area contributed by atoms with Crippen LogP contribution in [0.5, 0.6) is 0 Å². The van der Waals surface area contributed by atoms with E-state index in [0.717, 1.165) is 12.2 Å². The Morgan fingerprint density at radius 2 is 2.10 bits per heavy atom. The van der Waals surface area contributed by atoms with Gasteiger partial charge < -0.3 is 0 Å². The van der Waals surface area contributed by atoms with Crippen molar-refractivity contribution < 1.29 is 0 Å². The molecule has 0 aliphatic rings. The molecule has 0 heterocycles. The summed E-state index contributed by atoms with van der Waals surface area (Å²) in [5, 5.41) is 0.348. The smallest absolute Gasteiger partial charge is 0.0171 e. The lowest BCUT2D eigenvalue weighted by Gasteiger charge is -1.88. The lowest BCUT2D eigenvalue weighted by Crippen LogP contribution is -1.78. The Bertz CT molecular complexity index is 114. The zero-order chi connectivity index (χ0) is 7.82. The predicted octanol–water partition coefficient (Wildman–Crippen LogP) is 2.74. The standard InChI is InChI=1S/C8H14S2/c1-8(10)6-4-2-3-5-7-9/h2-4,6,8-10H,5,7H2,1H3. The van der Waals surface area contributed by atoms with Gasteiger partial charge in [-0.1, -0.05) is 24.3 Å². The van der Waals surface area contributed by atoms with Crippen molar-refractivity contribution in [3.8, 4) is 0 Å². The number of hydrogen-bond donors (Lipinski definition) is 2. The van der Waals surface area contributed by atoms with Gasteiger partial charge in [-0.3, -0.25) is 0 Å². The van der Waals surface area contributed by atoms with Gasteiger partial charge in [-0.2, -0.15) is 25.3 Å². The number of rotatable bonds is 4. The fourth-order valence-corrected chi connectivity index (χ4v) is 0.723. The van der Waals surface area contributed by atoms with Crippen molar-refractivity contribution in [3.63, 3.8) is 0 Å². The van der Waals surface area contributed by atoms with Crippen LogP contribution in [0.2, 0.25) is 0 Å². The van der Waals surface area contributed by atoms with Gasteiger partial charge in [0.2, 0.25) is 0 Å². The molecule has 10 heavy (non-hydrogen) atoms. The molecule has 0 fully saturated rings. The fraction of sp³-hybridized carbons (Fsp3) is 0.500. The fourth-order valence-electron chi connectivity index (χ4n) is 0.474. The second kappa shape index (κ2) is 7.29. The summed E-state index contributed by atoms with van der Waals surface area (Å²) in [7, 11) is 0. The molecule has 1 unspecified atom stereocenters. The molecule has 0 aromatic heterocycles. The third-order valence-electron chi connectivity index (χ3n) is 0.933. The van der Waals surface area contributed by atoms with Crippen LogP contribution in [0.25, 0.3) is 0 Å². The topological polar surface area (TPSA) is 0 Å². The Morgan fingerprint density at radius 1 is 1.40 bits per heavy atom. The van der Waals surface area contributed by atoms with Gasteiger partial charge in [0.05, 0.1) is 0 Å². The van der Waals surface area contributed by atoms with Crippen molar-refractivity contribution in [2.24, 2.45) is 0 Å². The summed E-state index contributed by atoms with van der Waals surface area (Å²) in [5.74, 6) is 0.917. The monoisotopic (exact) mass is 174 g/mol. The van der Waals surface area contributed by atoms with Gasteiger partial charge in [-0.15, -0.1) is 0 Å². The van der Waals surface area contributed by atoms with Crippen LogP contribution < -0.4 is 0 Å². The quantitative estimate of drug-likeness (QED) is 0.475. The van der Waals surface area contributed by atoms with Crippen LogP contribution in [0.15, 0.2) is 24.3 Å². The Labute approximate surface area is 74.2 Å². The number of allylic oxidation sites excluding steroid dienone is 3. The molecule has 0 amide bonds. The molecule has 58 valence electrons. The first-order valence-electron chi connectivity index (χ1n) is 3.39. The molecule has 0 nitrogen and oxygen atoms in total. The zero-order valence-electron chi connectivity index (χ0n) is 6.20. The molecule has 0 aliphatic heterocycles. The molecule has 1 atom stereocenters. The maximum absolute atomic E-state index is 4.19. The van der Waals surface area contributed by atoms with Crippen molar-refractivity contribution >= 4 is 25.3 Å². The molecule has 0 bridgehead atoms. The lowest BCUT2D eigenvalue weighted by atomic mass is 10.3. The van der Waals surface area contributed by atoms with E-state index < -0.39 is 0 Å². The summed E-state index contributed by atoms with van der Waals surface area (Å²) in [6.45, 7) is 2.03. The van der Waals surface area contributed by atoms with Crippen molar-refractivity contribution in [1.29, 1.82) is 0 Å². The highest BCUT2D eigenvalue weighted by molar-refractivity contribution is 7.81. The van der Waals surface area contributed by atoms with Crippen molar-refractivity contribution in [1.82, 2.24) is 0 Å². The van der Waals surface area contributed by atoms with E-state index in [2.05, 4.69) is 31.3 Å². The molecule has 0 radical (unpaired) electrons. The van der Waals surface area contributed by atoms with E-state index in [1.807, 2.05) is 25.2 Å². The molecule has 0 aliphatic carbocycles. The molecule has 0 aromatic carbocycles. The van der Waals surface area contributed by atoms with Crippen molar-refractivity contribution in [2.45, 2.75) is 18.6 Å². The summed E-state index contributed by atoms with van der Waals surface area (Å²) in [6.07, 6.45) is 9.22. The van der Waals surface area contributed by atoms with Gasteiger partial charge in [-0.25, -0.2) is 0 Å². The highest BCUT2D eigenvalue weighted by Crippen LogP contribution is 1.94. The van der Waals surface area contributed by atoms with Crippen LogP contribution in [-0.2, 0) is 0 Å². The van der Waals surface area contributed by atoms with Crippen LogP contribution in [0, 0.1) is 0 Å². The third-order valence-corrected chi connectivity index (χ3v) is 1.36. The normalized spacial score (nSPS) is 15.1. The zero-order valence-corrected chi connectivity index (χ0v) is 7.98. The Hall–Kier alpha value is 0.180. The van der Waals surface area contributed by atoms with Crippen LogP contribution >= 0.6 is 25.3 Å². The Balaban J connectivity index is 3.32. The summed E-state index contributed by atoms with van der Waals surface area (Å²) in [6, 6.07) is 0. The molecular formula is C8H14S2. The molecule has 0 saturated carbocycles. The van der Waals surface area contributed by atoms with Crippen LogP contribution in [0.1, 0.15) is 13.3 Å². The SMILES string of the molecule is CC(S)C=CC=CCCS.